The predicted octanol–water partition coefficient (Wildman–Crippen LogP) is 3.55. The summed E-state index contributed by atoms with van der Waals surface area (Å²) in [6, 6.07) is 5.88. The fourth-order valence-electron chi connectivity index (χ4n) is 4.51. The monoisotopic (exact) mass is 482 g/mol. The summed E-state index contributed by atoms with van der Waals surface area (Å²) in [6.45, 7) is 5.61. The number of carbonyl (C=O) groups excluding carboxylic acids is 2. The lowest BCUT2D eigenvalue weighted by Crippen LogP contribution is -2.55. The summed E-state index contributed by atoms with van der Waals surface area (Å²) in [7, 11) is 1.56. The standard InChI is InChI=1S/C23H31ClN2O7/c1-5-30-17(27)12-16(18-19(29-4)20-21(31-18)33-23(2,3)32-20)26(15-10-11-15)22(28)25-14-8-6-13(24)7-9-14/h6-9,15-16,18-21H,5,10-12H2,1-4H3,(H,25,28)/t16?,18-,19-,20+,21+/m0/s1. The Balaban J connectivity index is 1.60. The predicted molar refractivity (Wildman–Crippen MR) is 120 cm³/mol. The number of anilines is 1. The number of fused-ring (bicyclic) bond motifs is 1. The summed E-state index contributed by atoms with van der Waals surface area (Å²) in [5, 5.41) is 3.49. The normalized spacial score (nSPS) is 28.8. The number of halogens is 1. The first kappa shape index (κ1) is 24.2. The van der Waals surface area contributed by atoms with Crippen molar-refractivity contribution < 1.29 is 33.3 Å². The van der Waals surface area contributed by atoms with Gasteiger partial charge in [-0.15, -0.1) is 0 Å². The third kappa shape index (κ3) is 5.44. The van der Waals surface area contributed by atoms with Gasteiger partial charge in [-0.05, 0) is 57.9 Å². The second kappa shape index (κ2) is 9.76. The van der Waals surface area contributed by atoms with Gasteiger partial charge in [0.15, 0.2) is 12.1 Å². The minimum Gasteiger partial charge on any atom is -0.466 e. The van der Waals surface area contributed by atoms with Gasteiger partial charge in [-0.2, -0.15) is 0 Å². The van der Waals surface area contributed by atoms with Crippen LogP contribution in [0, 0.1) is 0 Å². The summed E-state index contributed by atoms with van der Waals surface area (Å²) in [5.41, 5.74) is 0.603. The van der Waals surface area contributed by atoms with Crippen molar-refractivity contribution >= 4 is 29.3 Å². The van der Waals surface area contributed by atoms with E-state index in [9.17, 15) is 9.59 Å². The van der Waals surface area contributed by atoms with Crippen LogP contribution in [0.2, 0.25) is 5.02 Å². The van der Waals surface area contributed by atoms with Crippen LogP contribution >= 0.6 is 11.6 Å². The number of ether oxygens (including phenoxy) is 5. The van der Waals surface area contributed by atoms with Gasteiger partial charge in [-0.3, -0.25) is 4.79 Å². The summed E-state index contributed by atoms with van der Waals surface area (Å²) in [5.74, 6) is -1.22. The maximum Gasteiger partial charge on any atom is 0.322 e. The number of urea groups is 1. The van der Waals surface area contributed by atoms with E-state index in [0.717, 1.165) is 12.8 Å². The Bertz CT molecular complexity index is 861. The zero-order valence-electron chi connectivity index (χ0n) is 19.3. The van der Waals surface area contributed by atoms with Crippen molar-refractivity contribution in [1.82, 2.24) is 4.90 Å². The first-order valence-corrected chi connectivity index (χ1v) is 11.6. The Morgan fingerprint density at radius 1 is 1.24 bits per heavy atom. The first-order chi connectivity index (χ1) is 15.7. The smallest absolute Gasteiger partial charge is 0.322 e. The molecule has 1 N–H and O–H groups in total. The van der Waals surface area contributed by atoms with E-state index in [2.05, 4.69) is 5.32 Å². The zero-order valence-corrected chi connectivity index (χ0v) is 20.0. The van der Waals surface area contributed by atoms with Crippen molar-refractivity contribution in [3.8, 4) is 0 Å². The van der Waals surface area contributed by atoms with Gasteiger partial charge in [0.2, 0.25) is 0 Å². The van der Waals surface area contributed by atoms with Crippen molar-refractivity contribution in [2.45, 2.75) is 82.5 Å². The average Bonchev–Trinajstić information content (AvgIpc) is 3.45. The lowest BCUT2D eigenvalue weighted by molar-refractivity contribution is -0.223. The number of esters is 1. The molecule has 4 rings (SSSR count). The van der Waals surface area contributed by atoms with Crippen LogP contribution in [0.15, 0.2) is 24.3 Å². The number of nitrogens with one attached hydrogen (secondary N) is 1. The molecule has 1 saturated carbocycles. The van der Waals surface area contributed by atoms with E-state index in [4.69, 9.17) is 35.3 Å². The third-order valence-electron chi connectivity index (χ3n) is 5.99. The highest BCUT2D eigenvalue weighted by Gasteiger charge is 2.59. The van der Waals surface area contributed by atoms with Gasteiger partial charge in [0.05, 0.1) is 19.1 Å². The Morgan fingerprint density at radius 3 is 2.55 bits per heavy atom. The van der Waals surface area contributed by atoms with Gasteiger partial charge < -0.3 is 33.9 Å². The summed E-state index contributed by atoms with van der Waals surface area (Å²) in [6.07, 6.45) is -0.649. The third-order valence-corrected chi connectivity index (χ3v) is 6.24. The van der Waals surface area contributed by atoms with E-state index in [1.807, 2.05) is 13.8 Å². The highest BCUT2D eigenvalue weighted by Crippen LogP contribution is 2.42. The summed E-state index contributed by atoms with van der Waals surface area (Å²) < 4.78 is 29.1. The lowest BCUT2D eigenvalue weighted by atomic mass is 9.98. The van der Waals surface area contributed by atoms with Gasteiger partial charge in [-0.25, -0.2) is 4.79 Å². The van der Waals surface area contributed by atoms with Crippen molar-refractivity contribution in [2.24, 2.45) is 0 Å². The van der Waals surface area contributed by atoms with Gasteiger partial charge >= 0.3 is 12.0 Å². The molecule has 2 aliphatic heterocycles. The fraction of sp³-hybridized carbons (Fsp3) is 0.652. The number of rotatable bonds is 8. The fourth-order valence-corrected chi connectivity index (χ4v) is 4.63. The van der Waals surface area contributed by atoms with E-state index in [1.54, 1.807) is 43.2 Å². The molecular formula is C23H31ClN2O7. The molecule has 1 unspecified atom stereocenters. The molecule has 2 amide bonds. The second-order valence-corrected chi connectivity index (χ2v) is 9.36. The highest BCUT2D eigenvalue weighted by molar-refractivity contribution is 6.30. The molecule has 0 bridgehead atoms. The van der Waals surface area contributed by atoms with Crippen LogP contribution in [-0.2, 0) is 28.5 Å². The molecule has 10 heteroatoms. The molecule has 3 fully saturated rings. The lowest BCUT2D eigenvalue weighted by Gasteiger charge is -2.37. The topological polar surface area (TPSA) is 95.6 Å². The molecule has 182 valence electrons. The summed E-state index contributed by atoms with van der Waals surface area (Å²) in [4.78, 5) is 27.7. The molecule has 0 aromatic heterocycles. The zero-order chi connectivity index (χ0) is 23.8. The Labute approximate surface area is 198 Å². The van der Waals surface area contributed by atoms with Crippen molar-refractivity contribution in [1.29, 1.82) is 0 Å². The molecule has 1 aliphatic carbocycles. The molecule has 9 nitrogen and oxygen atoms in total. The van der Waals surface area contributed by atoms with Crippen LogP contribution in [0.5, 0.6) is 0 Å². The maximum atomic E-state index is 13.4. The number of amides is 2. The van der Waals surface area contributed by atoms with Crippen LogP contribution in [0.4, 0.5) is 10.5 Å². The van der Waals surface area contributed by atoms with E-state index in [0.29, 0.717) is 10.7 Å². The minimum atomic E-state index is -0.810. The van der Waals surface area contributed by atoms with Gasteiger partial charge in [-0.1, -0.05) is 11.6 Å². The Kier molecular flexibility index (Phi) is 7.16. The van der Waals surface area contributed by atoms with E-state index in [-0.39, 0.29) is 25.1 Å². The molecule has 5 atom stereocenters. The first-order valence-electron chi connectivity index (χ1n) is 11.3. The number of methoxy groups -OCH3 is 1. The number of nitrogens with zero attached hydrogens (tertiary/aromatic N) is 1. The molecule has 33 heavy (non-hydrogen) atoms. The molecule has 0 spiro atoms. The maximum absolute atomic E-state index is 13.4. The van der Waals surface area contributed by atoms with Gasteiger partial charge in [0, 0.05) is 23.9 Å². The minimum absolute atomic E-state index is 0.0171. The van der Waals surface area contributed by atoms with E-state index < -0.39 is 42.4 Å². The van der Waals surface area contributed by atoms with Crippen LogP contribution < -0.4 is 5.32 Å². The van der Waals surface area contributed by atoms with Crippen molar-refractivity contribution in [3.05, 3.63) is 29.3 Å². The van der Waals surface area contributed by atoms with Gasteiger partial charge in [0.25, 0.3) is 0 Å². The van der Waals surface area contributed by atoms with Crippen LogP contribution in [0.25, 0.3) is 0 Å². The Hall–Kier alpha value is -1.91. The summed E-state index contributed by atoms with van der Waals surface area (Å²) >= 11 is 5.96. The molecule has 2 heterocycles. The van der Waals surface area contributed by atoms with Crippen LogP contribution in [-0.4, -0.2) is 73.1 Å². The van der Waals surface area contributed by atoms with Crippen LogP contribution in [0.3, 0.4) is 0 Å². The quantitative estimate of drug-likeness (QED) is 0.566. The number of benzene rings is 1. The largest absolute Gasteiger partial charge is 0.466 e. The number of carbonyl (C=O) groups is 2. The molecule has 1 aromatic rings. The Morgan fingerprint density at radius 2 is 1.94 bits per heavy atom. The van der Waals surface area contributed by atoms with Gasteiger partial charge in [0.1, 0.15) is 18.3 Å². The van der Waals surface area contributed by atoms with E-state index >= 15 is 0 Å². The molecular weight excluding hydrogens is 452 g/mol. The van der Waals surface area contributed by atoms with Crippen molar-refractivity contribution in [2.75, 3.05) is 19.0 Å². The number of hydrogen-bond acceptors (Lipinski definition) is 7. The molecule has 2 saturated heterocycles. The molecule has 1 aromatic carbocycles. The highest BCUT2D eigenvalue weighted by atomic mass is 35.5. The average molecular weight is 483 g/mol. The number of hydrogen-bond donors (Lipinski definition) is 1. The van der Waals surface area contributed by atoms with Crippen LogP contribution in [0.1, 0.15) is 40.0 Å². The van der Waals surface area contributed by atoms with Crippen molar-refractivity contribution in [3.63, 3.8) is 0 Å². The van der Waals surface area contributed by atoms with E-state index in [1.165, 1.54) is 0 Å². The SMILES string of the molecule is CCOC(=O)CC([C@@H]1O[C@@H]2OC(C)(C)O[C@@H]2[C@H]1OC)N(C(=O)Nc1ccc(Cl)cc1)C1CC1. The molecule has 0 radical (unpaired) electrons. The molecule has 3 aliphatic rings. The second-order valence-electron chi connectivity index (χ2n) is 8.92.